The number of aliphatic hydroxyl groups excluding tert-OH is 1. The van der Waals surface area contributed by atoms with Crippen LogP contribution in [-0.2, 0) is 19.6 Å². The van der Waals surface area contributed by atoms with E-state index in [-0.39, 0.29) is 41.8 Å². The minimum absolute atomic E-state index is 0.0358. The highest BCUT2D eigenvalue weighted by Gasteiger charge is 2.39. The number of carbonyl (C=O) groups excluding carboxylic acids is 2. The molecule has 2 aliphatic rings. The molecule has 8 nitrogen and oxygen atoms in total. The lowest BCUT2D eigenvalue weighted by Crippen LogP contribution is -2.51. The molecule has 9 heteroatoms. The van der Waals surface area contributed by atoms with Crippen molar-refractivity contribution in [2.24, 2.45) is 5.92 Å². The summed E-state index contributed by atoms with van der Waals surface area (Å²) in [6, 6.07) is 11.9. The first kappa shape index (κ1) is 22.4. The number of hydrogen-bond donors (Lipinski definition) is 2. The van der Waals surface area contributed by atoms with Crippen molar-refractivity contribution in [3.63, 3.8) is 0 Å². The van der Waals surface area contributed by atoms with E-state index in [1.807, 2.05) is 25.1 Å². The summed E-state index contributed by atoms with van der Waals surface area (Å²) in [6.07, 6.45) is 1.77. The largest absolute Gasteiger partial charge is 0.395 e. The monoisotopic (exact) mass is 457 g/mol. The summed E-state index contributed by atoms with van der Waals surface area (Å²) in [5.74, 6) is 0.0182. The molecule has 1 aliphatic heterocycles. The van der Waals surface area contributed by atoms with E-state index < -0.39 is 10.0 Å². The van der Waals surface area contributed by atoms with Gasteiger partial charge in [-0.05, 0) is 55.2 Å². The smallest absolute Gasteiger partial charge is 0.240 e. The third-order valence-corrected chi connectivity index (χ3v) is 7.29. The Labute approximate surface area is 187 Å². The molecule has 0 bridgehead atoms. The van der Waals surface area contributed by atoms with Crippen molar-refractivity contribution >= 4 is 33.2 Å². The number of benzene rings is 2. The Morgan fingerprint density at radius 2 is 1.81 bits per heavy atom. The zero-order valence-corrected chi connectivity index (χ0v) is 18.9. The lowest BCUT2D eigenvalue weighted by molar-refractivity contribution is -0.120. The van der Waals surface area contributed by atoms with E-state index in [1.54, 1.807) is 28.0 Å². The minimum atomic E-state index is -3.75. The van der Waals surface area contributed by atoms with Crippen LogP contribution in [0.3, 0.4) is 0 Å². The first-order valence-electron chi connectivity index (χ1n) is 10.7. The van der Waals surface area contributed by atoms with Gasteiger partial charge in [-0.25, -0.2) is 13.1 Å². The normalized spacial score (nSPS) is 18.4. The fraction of sp³-hybridized carbons (Fsp3) is 0.391. The van der Waals surface area contributed by atoms with Crippen molar-refractivity contribution in [2.75, 3.05) is 29.5 Å². The Kier molecular flexibility index (Phi) is 6.07. The van der Waals surface area contributed by atoms with Crippen molar-refractivity contribution < 1.29 is 23.1 Å². The topological polar surface area (TPSA) is 107 Å². The predicted molar refractivity (Wildman–Crippen MR) is 122 cm³/mol. The highest BCUT2D eigenvalue weighted by atomic mass is 32.2. The van der Waals surface area contributed by atoms with Gasteiger partial charge in [0, 0.05) is 25.9 Å². The number of amides is 2. The van der Waals surface area contributed by atoms with Gasteiger partial charge in [0.25, 0.3) is 0 Å². The van der Waals surface area contributed by atoms with Crippen molar-refractivity contribution in [3.8, 4) is 11.1 Å². The molecular weight excluding hydrogens is 430 g/mol. The number of hydrogen-bond acceptors (Lipinski definition) is 5. The average molecular weight is 458 g/mol. The van der Waals surface area contributed by atoms with Gasteiger partial charge in [0.15, 0.2) is 0 Å². The molecule has 2 aromatic carbocycles. The van der Waals surface area contributed by atoms with Gasteiger partial charge in [0.2, 0.25) is 21.8 Å². The molecule has 1 atom stereocenters. The van der Waals surface area contributed by atoms with Crippen LogP contribution in [-0.4, -0.2) is 51.1 Å². The highest BCUT2D eigenvalue weighted by molar-refractivity contribution is 7.89. The minimum Gasteiger partial charge on any atom is -0.395 e. The van der Waals surface area contributed by atoms with Crippen LogP contribution in [0.15, 0.2) is 47.4 Å². The Morgan fingerprint density at radius 1 is 1.09 bits per heavy atom. The second-order valence-corrected chi connectivity index (χ2v) is 10.1. The van der Waals surface area contributed by atoms with Crippen LogP contribution in [0.2, 0.25) is 0 Å². The molecular formula is C23H27N3O5S. The number of anilines is 2. The number of aliphatic hydroxyl groups is 1. The van der Waals surface area contributed by atoms with Gasteiger partial charge in [0.1, 0.15) is 0 Å². The maximum absolute atomic E-state index is 13.0. The summed E-state index contributed by atoms with van der Waals surface area (Å²) in [7, 11) is -3.75. The number of sulfonamides is 1. The molecule has 0 aromatic heterocycles. The van der Waals surface area contributed by atoms with Crippen LogP contribution in [0.4, 0.5) is 11.4 Å². The van der Waals surface area contributed by atoms with Gasteiger partial charge in [-0.1, -0.05) is 18.2 Å². The van der Waals surface area contributed by atoms with Gasteiger partial charge >= 0.3 is 0 Å². The lowest BCUT2D eigenvalue weighted by Gasteiger charge is -2.41. The van der Waals surface area contributed by atoms with Gasteiger partial charge in [0.05, 0.1) is 28.9 Å². The van der Waals surface area contributed by atoms with Gasteiger partial charge in [-0.3, -0.25) is 9.59 Å². The van der Waals surface area contributed by atoms with Gasteiger partial charge in [-0.2, -0.15) is 0 Å². The van der Waals surface area contributed by atoms with E-state index in [1.165, 1.54) is 13.0 Å². The number of fused-ring (bicyclic) bond motifs is 1. The molecule has 1 heterocycles. The molecule has 1 saturated carbocycles. The molecule has 1 aliphatic carbocycles. The Bertz CT molecular complexity index is 1160. The van der Waals surface area contributed by atoms with E-state index in [9.17, 15) is 18.0 Å². The maximum Gasteiger partial charge on any atom is 0.240 e. The van der Waals surface area contributed by atoms with E-state index in [0.717, 1.165) is 18.4 Å². The second kappa shape index (κ2) is 8.65. The number of carbonyl (C=O) groups is 2. The molecule has 0 radical (unpaired) electrons. The highest BCUT2D eigenvalue weighted by Crippen LogP contribution is 2.42. The second-order valence-electron chi connectivity index (χ2n) is 8.31. The Balaban J connectivity index is 1.77. The van der Waals surface area contributed by atoms with Crippen LogP contribution >= 0.6 is 0 Å². The lowest BCUT2D eigenvalue weighted by atomic mass is 10.00. The summed E-state index contributed by atoms with van der Waals surface area (Å²) in [5, 5.41) is 8.93. The molecule has 32 heavy (non-hydrogen) atoms. The predicted octanol–water partition coefficient (Wildman–Crippen LogP) is 2.12. The number of rotatable bonds is 6. The van der Waals surface area contributed by atoms with E-state index >= 15 is 0 Å². The molecule has 170 valence electrons. The molecule has 0 spiro atoms. The summed E-state index contributed by atoms with van der Waals surface area (Å²) >= 11 is 0. The quantitative estimate of drug-likeness (QED) is 0.691. The first-order chi connectivity index (χ1) is 15.2. The molecule has 1 fully saturated rings. The van der Waals surface area contributed by atoms with Crippen molar-refractivity contribution in [3.05, 3.63) is 42.5 Å². The van der Waals surface area contributed by atoms with Gasteiger partial charge in [-0.15, -0.1) is 0 Å². The third-order valence-electron chi connectivity index (χ3n) is 5.83. The first-order valence-corrected chi connectivity index (χ1v) is 12.2. The molecule has 0 saturated heterocycles. The van der Waals surface area contributed by atoms with Crippen molar-refractivity contribution in [1.82, 2.24) is 4.72 Å². The van der Waals surface area contributed by atoms with E-state index in [4.69, 9.17) is 5.11 Å². The standard InChI is InChI=1S/C23H27N3O5S/c1-15-14-25(23(29)17-6-7-17)22-13-19(8-9-21(22)26(15)16(2)28)18-4-3-5-20(12-18)32(30,31)24-10-11-27/h3-5,8-9,12-13,15,17,24,27H,6-7,10-11,14H2,1-2H3. The van der Waals surface area contributed by atoms with Crippen LogP contribution < -0.4 is 14.5 Å². The summed E-state index contributed by atoms with van der Waals surface area (Å²) in [4.78, 5) is 28.9. The van der Waals surface area contributed by atoms with Crippen LogP contribution in [0.25, 0.3) is 11.1 Å². The van der Waals surface area contributed by atoms with Crippen molar-refractivity contribution in [2.45, 2.75) is 37.6 Å². The maximum atomic E-state index is 13.0. The number of nitrogens with one attached hydrogen (secondary N) is 1. The Morgan fingerprint density at radius 3 is 2.47 bits per heavy atom. The van der Waals surface area contributed by atoms with Crippen molar-refractivity contribution in [1.29, 1.82) is 0 Å². The summed E-state index contributed by atoms with van der Waals surface area (Å²) in [6.45, 7) is 3.51. The van der Waals surface area contributed by atoms with Crippen LogP contribution in [0.5, 0.6) is 0 Å². The van der Waals surface area contributed by atoms with Crippen LogP contribution in [0.1, 0.15) is 26.7 Å². The Hall–Kier alpha value is -2.75. The SMILES string of the molecule is CC(=O)N1c2ccc(-c3cccc(S(=O)(=O)NCCO)c3)cc2N(C(=O)C2CC2)CC1C. The van der Waals surface area contributed by atoms with Gasteiger partial charge < -0.3 is 14.9 Å². The fourth-order valence-electron chi connectivity index (χ4n) is 4.15. The third kappa shape index (κ3) is 4.28. The average Bonchev–Trinajstić information content (AvgIpc) is 3.61. The number of nitrogens with zero attached hydrogens (tertiary/aromatic N) is 2. The molecule has 1 unspecified atom stereocenters. The molecule has 2 amide bonds. The van der Waals surface area contributed by atoms with Crippen LogP contribution in [0, 0.1) is 5.92 Å². The summed E-state index contributed by atoms with van der Waals surface area (Å²) in [5.41, 5.74) is 2.77. The van der Waals surface area contributed by atoms with E-state index in [2.05, 4.69) is 4.72 Å². The molecule has 2 aromatic rings. The molecule has 4 rings (SSSR count). The molecule has 2 N–H and O–H groups in total. The zero-order chi connectivity index (χ0) is 23.0. The summed E-state index contributed by atoms with van der Waals surface area (Å²) < 4.78 is 27.3. The zero-order valence-electron chi connectivity index (χ0n) is 18.1. The fourth-order valence-corrected chi connectivity index (χ4v) is 5.22. The van der Waals surface area contributed by atoms with E-state index in [0.29, 0.717) is 23.5 Å².